The van der Waals surface area contributed by atoms with Gasteiger partial charge in [0, 0.05) is 17.1 Å². The van der Waals surface area contributed by atoms with Crippen LogP contribution in [0, 0.1) is 0 Å². The molecule has 1 saturated heterocycles. The Morgan fingerprint density at radius 3 is 3.12 bits per heavy atom. The lowest BCUT2D eigenvalue weighted by molar-refractivity contribution is -0.122. The standard InChI is InChI=1S/C18H22BrN3O3/c1-12(4-6-14-3-2-8-25-14)21-17(23)10-22-11-20-16-7-5-13(19)9-15(16)18(22)24/h5,7,9,11-12,14H,2-4,6,8,10H2,1H3,(H,21,23). The number of ether oxygens (including phenoxy) is 1. The Labute approximate surface area is 154 Å². The van der Waals surface area contributed by atoms with Gasteiger partial charge in [0.05, 0.1) is 23.3 Å². The number of rotatable bonds is 6. The lowest BCUT2D eigenvalue weighted by Gasteiger charge is -2.16. The first-order valence-electron chi connectivity index (χ1n) is 8.58. The number of nitrogens with zero attached hydrogens (tertiary/aromatic N) is 2. The number of nitrogens with one attached hydrogen (secondary N) is 1. The first kappa shape index (κ1) is 18.1. The summed E-state index contributed by atoms with van der Waals surface area (Å²) < 4.78 is 7.75. The van der Waals surface area contributed by atoms with Crippen LogP contribution in [0.15, 0.2) is 33.8 Å². The van der Waals surface area contributed by atoms with E-state index in [9.17, 15) is 9.59 Å². The Balaban J connectivity index is 1.59. The fourth-order valence-corrected chi connectivity index (χ4v) is 3.46. The highest BCUT2D eigenvalue weighted by Crippen LogP contribution is 2.17. The van der Waals surface area contributed by atoms with Gasteiger partial charge in [-0.25, -0.2) is 4.98 Å². The van der Waals surface area contributed by atoms with Gasteiger partial charge in [0.2, 0.25) is 5.91 Å². The molecule has 2 aromatic rings. The predicted molar refractivity (Wildman–Crippen MR) is 99.5 cm³/mol. The number of amides is 1. The predicted octanol–water partition coefficient (Wildman–Crippen LogP) is 2.62. The van der Waals surface area contributed by atoms with Crippen LogP contribution in [0.3, 0.4) is 0 Å². The Hall–Kier alpha value is -1.73. The second kappa shape index (κ2) is 8.10. The SMILES string of the molecule is CC(CCC1CCCO1)NC(=O)Cn1cnc2ccc(Br)cc2c1=O. The van der Waals surface area contributed by atoms with E-state index in [0.29, 0.717) is 17.0 Å². The second-order valence-corrected chi connectivity index (χ2v) is 7.44. The molecular formula is C18H22BrN3O3. The monoisotopic (exact) mass is 407 g/mol. The molecule has 25 heavy (non-hydrogen) atoms. The molecule has 7 heteroatoms. The number of benzene rings is 1. The highest BCUT2D eigenvalue weighted by atomic mass is 79.9. The molecule has 134 valence electrons. The molecule has 1 aliphatic rings. The lowest BCUT2D eigenvalue weighted by atomic mass is 10.1. The quantitative estimate of drug-likeness (QED) is 0.798. The van der Waals surface area contributed by atoms with E-state index < -0.39 is 0 Å². The van der Waals surface area contributed by atoms with E-state index in [1.54, 1.807) is 12.1 Å². The largest absolute Gasteiger partial charge is 0.378 e. The molecule has 1 fully saturated rings. The van der Waals surface area contributed by atoms with Gasteiger partial charge in [0.25, 0.3) is 5.56 Å². The summed E-state index contributed by atoms with van der Waals surface area (Å²) in [7, 11) is 0. The molecule has 1 aromatic heterocycles. The van der Waals surface area contributed by atoms with Gasteiger partial charge in [0.15, 0.2) is 0 Å². The minimum Gasteiger partial charge on any atom is -0.378 e. The van der Waals surface area contributed by atoms with Crippen molar-refractivity contribution in [2.75, 3.05) is 6.61 Å². The van der Waals surface area contributed by atoms with Crippen LogP contribution in [0.5, 0.6) is 0 Å². The number of halogens is 1. The molecular weight excluding hydrogens is 386 g/mol. The fraction of sp³-hybridized carbons (Fsp3) is 0.500. The molecule has 0 spiro atoms. The Morgan fingerprint density at radius 1 is 1.52 bits per heavy atom. The van der Waals surface area contributed by atoms with Gasteiger partial charge >= 0.3 is 0 Å². The van der Waals surface area contributed by atoms with Gasteiger partial charge in [-0.3, -0.25) is 14.2 Å². The first-order valence-corrected chi connectivity index (χ1v) is 9.38. The van der Waals surface area contributed by atoms with Crippen molar-refractivity contribution >= 4 is 32.7 Å². The fourth-order valence-electron chi connectivity index (χ4n) is 3.10. The summed E-state index contributed by atoms with van der Waals surface area (Å²) in [6, 6.07) is 5.39. The van der Waals surface area contributed by atoms with E-state index in [2.05, 4.69) is 26.2 Å². The minimum atomic E-state index is -0.214. The molecule has 0 bridgehead atoms. The van der Waals surface area contributed by atoms with Crippen LogP contribution in [-0.2, 0) is 16.1 Å². The third kappa shape index (κ3) is 4.67. The molecule has 1 N–H and O–H groups in total. The smallest absolute Gasteiger partial charge is 0.261 e. The molecule has 2 heterocycles. The summed E-state index contributed by atoms with van der Waals surface area (Å²) in [6.45, 7) is 2.79. The maximum atomic E-state index is 12.5. The molecule has 0 radical (unpaired) electrons. The van der Waals surface area contributed by atoms with Gasteiger partial charge in [-0.1, -0.05) is 15.9 Å². The van der Waals surface area contributed by atoms with Gasteiger partial charge in [-0.15, -0.1) is 0 Å². The maximum absolute atomic E-state index is 12.5. The van der Waals surface area contributed by atoms with Crippen molar-refractivity contribution in [1.82, 2.24) is 14.9 Å². The lowest BCUT2D eigenvalue weighted by Crippen LogP contribution is -2.37. The number of aromatic nitrogens is 2. The maximum Gasteiger partial charge on any atom is 0.261 e. The van der Waals surface area contributed by atoms with Crippen LogP contribution in [0.2, 0.25) is 0 Å². The Bertz CT molecular complexity index is 815. The number of carbonyl (C=O) groups is 1. The summed E-state index contributed by atoms with van der Waals surface area (Å²) in [5.41, 5.74) is 0.406. The second-order valence-electron chi connectivity index (χ2n) is 6.52. The van der Waals surface area contributed by atoms with E-state index in [-0.39, 0.29) is 24.1 Å². The van der Waals surface area contributed by atoms with E-state index in [1.165, 1.54) is 10.9 Å². The summed E-state index contributed by atoms with van der Waals surface area (Å²) in [6.07, 6.45) is 5.80. The molecule has 3 rings (SSSR count). The van der Waals surface area contributed by atoms with Crippen LogP contribution in [0.4, 0.5) is 0 Å². The number of hydrogen-bond acceptors (Lipinski definition) is 4. The summed E-state index contributed by atoms with van der Waals surface area (Å²) in [5, 5.41) is 3.44. The van der Waals surface area contributed by atoms with Gasteiger partial charge < -0.3 is 10.1 Å². The summed E-state index contributed by atoms with van der Waals surface area (Å²) in [5.74, 6) is -0.182. The van der Waals surface area contributed by atoms with Crippen molar-refractivity contribution in [1.29, 1.82) is 0 Å². The molecule has 0 saturated carbocycles. The number of hydrogen-bond donors (Lipinski definition) is 1. The molecule has 2 unspecified atom stereocenters. The average Bonchev–Trinajstić information content (AvgIpc) is 3.09. The van der Waals surface area contributed by atoms with Crippen molar-refractivity contribution in [3.8, 4) is 0 Å². The first-order chi connectivity index (χ1) is 12.0. The van der Waals surface area contributed by atoms with E-state index >= 15 is 0 Å². The highest BCUT2D eigenvalue weighted by Gasteiger charge is 2.17. The third-order valence-electron chi connectivity index (χ3n) is 4.45. The molecule has 1 aromatic carbocycles. The molecule has 0 aliphatic carbocycles. The van der Waals surface area contributed by atoms with E-state index in [0.717, 1.165) is 36.8 Å². The Morgan fingerprint density at radius 2 is 2.36 bits per heavy atom. The van der Waals surface area contributed by atoms with Gasteiger partial charge in [-0.05, 0) is 50.8 Å². The van der Waals surface area contributed by atoms with Crippen LogP contribution in [-0.4, -0.2) is 34.2 Å². The summed E-state index contributed by atoms with van der Waals surface area (Å²) >= 11 is 3.35. The van der Waals surface area contributed by atoms with E-state index in [1.807, 2.05) is 13.0 Å². The third-order valence-corrected chi connectivity index (χ3v) is 4.95. The van der Waals surface area contributed by atoms with Crippen molar-refractivity contribution in [3.05, 3.63) is 39.4 Å². The van der Waals surface area contributed by atoms with Crippen molar-refractivity contribution in [2.24, 2.45) is 0 Å². The van der Waals surface area contributed by atoms with Crippen LogP contribution in [0.25, 0.3) is 10.9 Å². The molecule has 6 nitrogen and oxygen atoms in total. The topological polar surface area (TPSA) is 73.2 Å². The van der Waals surface area contributed by atoms with Gasteiger partial charge in [0.1, 0.15) is 6.54 Å². The zero-order valence-corrected chi connectivity index (χ0v) is 15.8. The number of carbonyl (C=O) groups excluding carboxylic acids is 1. The minimum absolute atomic E-state index is 0.0292. The zero-order valence-electron chi connectivity index (χ0n) is 14.2. The Kier molecular flexibility index (Phi) is 5.86. The molecule has 2 atom stereocenters. The number of fused-ring (bicyclic) bond motifs is 1. The average molecular weight is 408 g/mol. The molecule has 1 amide bonds. The van der Waals surface area contributed by atoms with Crippen molar-refractivity contribution < 1.29 is 9.53 Å². The van der Waals surface area contributed by atoms with Crippen molar-refractivity contribution in [2.45, 2.75) is 51.3 Å². The zero-order chi connectivity index (χ0) is 17.8. The highest BCUT2D eigenvalue weighted by molar-refractivity contribution is 9.10. The molecule has 1 aliphatic heterocycles. The van der Waals surface area contributed by atoms with Crippen molar-refractivity contribution in [3.63, 3.8) is 0 Å². The van der Waals surface area contributed by atoms with E-state index in [4.69, 9.17) is 4.74 Å². The van der Waals surface area contributed by atoms with Crippen LogP contribution in [0.1, 0.15) is 32.6 Å². The van der Waals surface area contributed by atoms with Crippen LogP contribution < -0.4 is 10.9 Å². The summed E-state index contributed by atoms with van der Waals surface area (Å²) in [4.78, 5) is 29.0. The van der Waals surface area contributed by atoms with Gasteiger partial charge in [-0.2, -0.15) is 0 Å². The van der Waals surface area contributed by atoms with Crippen LogP contribution >= 0.6 is 15.9 Å². The normalized spacial score (nSPS) is 18.4.